The number of hydrogen-bond acceptors (Lipinski definition) is 4. The fourth-order valence-corrected chi connectivity index (χ4v) is 1.36. The van der Waals surface area contributed by atoms with Crippen molar-refractivity contribution in [1.29, 1.82) is 0 Å². The van der Waals surface area contributed by atoms with Crippen LogP contribution in [0.25, 0.3) is 0 Å². The molecule has 0 aliphatic heterocycles. The van der Waals surface area contributed by atoms with Crippen molar-refractivity contribution in [3.8, 4) is 11.5 Å². The molecule has 0 radical (unpaired) electrons. The summed E-state index contributed by atoms with van der Waals surface area (Å²) >= 11 is 0. The Morgan fingerprint density at radius 3 is 2.69 bits per heavy atom. The molecule has 1 aromatic rings. The highest BCUT2D eigenvalue weighted by Crippen LogP contribution is 2.29. The molecule has 16 heavy (non-hydrogen) atoms. The summed E-state index contributed by atoms with van der Waals surface area (Å²) in [6.07, 6.45) is -0.0220. The second-order valence-corrected chi connectivity index (χ2v) is 3.51. The second-order valence-electron chi connectivity index (χ2n) is 3.51. The summed E-state index contributed by atoms with van der Waals surface area (Å²) in [4.78, 5) is 0. The van der Waals surface area contributed by atoms with E-state index < -0.39 is 6.10 Å². The first-order valence-electron chi connectivity index (χ1n) is 5.28. The molecule has 0 aromatic heterocycles. The molecule has 1 unspecified atom stereocenters. The summed E-state index contributed by atoms with van der Waals surface area (Å²) < 4.78 is 10.6. The lowest BCUT2D eigenvalue weighted by molar-refractivity contribution is 0.187. The molecule has 0 fully saturated rings. The Labute approximate surface area is 95.4 Å². The molecule has 1 rings (SSSR count). The van der Waals surface area contributed by atoms with Gasteiger partial charge in [-0.3, -0.25) is 0 Å². The van der Waals surface area contributed by atoms with E-state index in [0.717, 1.165) is 5.56 Å². The van der Waals surface area contributed by atoms with Gasteiger partial charge in [0, 0.05) is 24.7 Å². The zero-order chi connectivity index (χ0) is 12.0. The van der Waals surface area contributed by atoms with E-state index in [0.29, 0.717) is 24.5 Å². The highest BCUT2D eigenvalue weighted by atomic mass is 16.5. The summed E-state index contributed by atoms with van der Waals surface area (Å²) in [5.74, 6) is 1.28. The van der Waals surface area contributed by atoms with Gasteiger partial charge in [0.05, 0.1) is 19.8 Å². The number of methoxy groups -OCH3 is 1. The Bertz CT molecular complexity index is 323. The summed E-state index contributed by atoms with van der Waals surface area (Å²) in [7, 11) is 1.58. The maximum atomic E-state index is 9.55. The first-order chi connectivity index (χ1) is 7.69. The normalized spacial score (nSPS) is 12.2. The van der Waals surface area contributed by atoms with Gasteiger partial charge in [0.15, 0.2) is 0 Å². The molecule has 0 aliphatic carbocycles. The van der Waals surface area contributed by atoms with Crippen molar-refractivity contribution in [2.45, 2.75) is 19.4 Å². The van der Waals surface area contributed by atoms with Crippen LogP contribution in [0.2, 0.25) is 0 Å². The van der Waals surface area contributed by atoms with Gasteiger partial charge in [0.25, 0.3) is 0 Å². The third-order valence-electron chi connectivity index (χ3n) is 2.23. The third-order valence-corrected chi connectivity index (χ3v) is 2.23. The maximum absolute atomic E-state index is 9.55. The summed E-state index contributed by atoms with van der Waals surface area (Å²) in [5, 5.41) is 18.2. The van der Waals surface area contributed by atoms with Crippen LogP contribution in [0.4, 0.5) is 0 Å². The topological polar surface area (TPSA) is 58.9 Å². The van der Waals surface area contributed by atoms with Gasteiger partial charge in [-0.2, -0.15) is 0 Å². The largest absolute Gasteiger partial charge is 0.497 e. The number of aliphatic hydroxyl groups excluding tert-OH is 2. The van der Waals surface area contributed by atoms with Crippen LogP contribution in [0.1, 0.15) is 25.0 Å². The van der Waals surface area contributed by atoms with E-state index in [1.807, 2.05) is 0 Å². The van der Waals surface area contributed by atoms with Crippen LogP contribution in [0.5, 0.6) is 11.5 Å². The van der Waals surface area contributed by atoms with Gasteiger partial charge in [-0.1, -0.05) is 0 Å². The lowest BCUT2D eigenvalue weighted by Crippen LogP contribution is -2.04. The van der Waals surface area contributed by atoms with Gasteiger partial charge >= 0.3 is 0 Å². The molecular weight excluding hydrogens is 208 g/mol. The summed E-state index contributed by atoms with van der Waals surface area (Å²) in [5.41, 5.74) is 0.721. The SMILES string of the molecule is COc1ccc(C(C)O)c(OCCCO)c1. The Kier molecular flexibility index (Phi) is 5.08. The van der Waals surface area contributed by atoms with E-state index in [1.165, 1.54) is 0 Å². The number of rotatable bonds is 6. The minimum absolute atomic E-state index is 0.0913. The average molecular weight is 226 g/mol. The minimum atomic E-state index is -0.588. The molecule has 0 heterocycles. The molecule has 2 N–H and O–H groups in total. The molecule has 1 aromatic carbocycles. The van der Waals surface area contributed by atoms with Crippen molar-refractivity contribution in [2.75, 3.05) is 20.3 Å². The van der Waals surface area contributed by atoms with Gasteiger partial charge in [-0.15, -0.1) is 0 Å². The van der Waals surface area contributed by atoms with Crippen molar-refractivity contribution < 1.29 is 19.7 Å². The average Bonchev–Trinajstić information content (AvgIpc) is 2.29. The van der Waals surface area contributed by atoms with E-state index in [4.69, 9.17) is 14.6 Å². The molecule has 0 amide bonds. The molecule has 0 aliphatic rings. The smallest absolute Gasteiger partial charge is 0.128 e. The number of ether oxygens (including phenoxy) is 2. The summed E-state index contributed by atoms with van der Waals surface area (Å²) in [6.45, 7) is 2.19. The predicted octanol–water partition coefficient (Wildman–Crippen LogP) is 1.51. The van der Waals surface area contributed by atoms with Gasteiger partial charge in [-0.05, 0) is 19.1 Å². The number of hydrogen-bond donors (Lipinski definition) is 2. The van der Waals surface area contributed by atoms with Crippen LogP contribution in [-0.2, 0) is 0 Å². The zero-order valence-electron chi connectivity index (χ0n) is 9.64. The van der Waals surface area contributed by atoms with E-state index in [1.54, 1.807) is 32.2 Å². The Morgan fingerprint density at radius 2 is 2.12 bits per heavy atom. The molecule has 4 nitrogen and oxygen atoms in total. The van der Waals surface area contributed by atoms with E-state index in [2.05, 4.69) is 0 Å². The standard InChI is InChI=1S/C12H18O4/c1-9(14)11-5-4-10(15-2)8-12(11)16-7-3-6-13/h4-5,8-9,13-14H,3,6-7H2,1-2H3. The molecule has 0 saturated heterocycles. The van der Waals surface area contributed by atoms with Crippen LogP contribution in [-0.4, -0.2) is 30.5 Å². The molecule has 4 heteroatoms. The van der Waals surface area contributed by atoms with Gasteiger partial charge in [0.1, 0.15) is 11.5 Å². The van der Waals surface area contributed by atoms with Crippen LogP contribution >= 0.6 is 0 Å². The van der Waals surface area contributed by atoms with Crippen LogP contribution < -0.4 is 9.47 Å². The van der Waals surface area contributed by atoms with Crippen molar-refractivity contribution in [3.05, 3.63) is 23.8 Å². The quantitative estimate of drug-likeness (QED) is 0.722. The molecule has 0 bridgehead atoms. The molecule has 1 atom stereocenters. The first kappa shape index (κ1) is 12.8. The van der Waals surface area contributed by atoms with Crippen LogP contribution in [0, 0.1) is 0 Å². The Morgan fingerprint density at radius 1 is 1.38 bits per heavy atom. The van der Waals surface area contributed by atoms with Crippen molar-refractivity contribution in [3.63, 3.8) is 0 Å². The van der Waals surface area contributed by atoms with Crippen LogP contribution in [0.3, 0.4) is 0 Å². The molecular formula is C12H18O4. The lowest BCUT2D eigenvalue weighted by atomic mass is 10.1. The minimum Gasteiger partial charge on any atom is -0.497 e. The number of aliphatic hydroxyl groups is 2. The van der Waals surface area contributed by atoms with Gasteiger partial charge < -0.3 is 19.7 Å². The number of benzene rings is 1. The fourth-order valence-electron chi connectivity index (χ4n) is 1.36. The van der Waals surface area contributed by atoms with E-state index in [-0.39, 0.29) is 6.61 Å². The third kappa shape index (κ3) is 3.40. The van der Waals surface area contributed by atoms with Gasteiger partial charge in [-0.25, -0.2) is 0 Å². The van der Waals surface area contributed by atoms with Crippen molar-refractivity contribution >= 4 is 0 Å². The van der Waals surface area contributed by atoms with Crippen molar-refractivity contribution in [2.24, 2.45) is 0 Å². The van der Waals surface area contributed by atoms with Gasteiger partial charge in [0.2, 0.25) is 0 Å². The second kappa shape index (κ2) is 6.35. The molecule has 0 spiro atoms. The predicted molar refractivity (Wildman–Crippen MR) is 60.8 cm³/mol. The lowest BCUT2D eigenvalue weighted by Gasteiger charge is -2.14. The first-order valence-corrected chi connectivity index (χ1v) is 5.28. The summed E-state index contributed by atoms with van der Waals surface area (Å²) in [6, 6.07) is 5.29. The molecule has 0 saturated carbocycles. The van der Waals surface area contributed by atoms with Crippen molar-refractivity contribution in [1.82, 2.24) is 0 Å². The highest BCUT2D eigenvalue weighted by molar-refractivity contribution is 5.41. The monoisotopic (exact) mass is 226 g/mol. The molecule has 90 valence electrons. The maximum Gasteiger partial charge on any atom is 0.128 e. The Hall–Kier alpha value is -1.26. The van der Waals surface area contributed by atoms with Crippen LogP contribution in [0.15, 0.2) is 18.2 Å². The van der Waals surface area contributed by atoms with E-state index >= 15 is 0 Å². The highest BCUT2D eigenvalue weighted by Gasteiger charge is 2.10. The Balaban J connectivity index is 2.83. The fraction of sp³-hybridized carbons (Fsp3) is 0.500. The zero-order valence-corrected chi connectivity index (χ0v) is 9.64. The van der Waals surface area contributed by atoms with E-state index in [9.17, 15) is 5.11 Å².